The minimum Gasteiger partial charge on any atom is -0.299 e. The lowest BCUT2D eigenvalue weighted by Gasteiger charge is -2.40. The predicted molar refractivity (Wildman–Crippen MR) is 94.7 cm³/mol. The van der Waals surface area contributed by atoms with Crippen LogP contribution < -0.4 is 0 Å². The number of fused-ring (bicyclic) bond motifs is 1. The summed E-state index contributed by atoms with van der Waals surface area (Å²) in [6.45, 7) is 9.52. The molecule has 0 aromatic carbocycles. The predicted octanol–water partition coefficient (Wildman–Crippen LogP) is 4.45. The van der Waals surface area contributed by atoms with Crippen LogP contribution in [0.15, 0.2) is 23.1 Å². The number of sulfone groups is 1. The van der Waals surface area contributed by atoms with Gasteiger partial charge in [0.15, 0.2) is 9.84 Å². The molecule has 2 aliphatic carbocycles. The average molecular weight is 339 g/mol. The van der Waals surface area contributed by atoms with E-state index in [1.165, 1.54) is 11.0 Å². The highest BCUT2D eigenvalue weighted by Crippen LogP contribution is 2.53. The monoisotopic (exact) mass is 338 g/mol. The van der Waals surface area contributed by atoms with Crippen molar-refractivity contribution in [3.8, 4) is 0 Å². The highest BCUT2D eigenvalue weighted by Gasteiger charge is 2.47. The molecule has 0 radical (unpaired) electrons. The summed E-state index contributed by atoms with van der Waals surface area (Å²) in [7, 11) is -3.22. The van der Waals surface area contributed by atoms with E-state index in [2.05, 4.69) is 19.9 Å². The molecule has 0 N–H and O–H groups in total. The van der Waals surface area contributed by atoms with Gasteiger partial charge in [-0.15, -0.1) is 0 Å². The second kappa shape index (κ2) is 6.19. The van der Waals surface area contributed by atoms with Crippen molar-refractivity contribution < 1.29 is 13.2 Å². The van der Waals surface area contributed by atoms with Crippen molar-refractivity contribution >= 4 is 15.6 Å². The first-order valence-corrected chi connectivity index (χ1v) is 10.2. The standard InChI is InChI=1S/C19H30O3S/c1-14(8-7-13-23(21,22)18(2,3)4)15-10-11-16-17(20)9-6-12-19(15,16)5/h7,10,13-14,16H,6,8-9,11-12H2,1-5H3/t14-,16+,19-/m1/s1. The van der Waals surface area contributed by atoms with Crippen LogP contribution in [0, 0.1) is 17.3 Å². The normalized spacial score (nSPS) is 30.4. The zero-order valence-corrected chi connectivity index (χ0v) is 15.9. The molecule has 0 unspecified atom stereocenters. The van der Waals surface area contributed by atoms with Crippen molar-refractivity contribution in [1.29, 1.82) is 0 Å². The van der Waals surface area contributed by atoms with E-state index in [1.54, 1.807) is 26.8 Å². The molecule has 1 fully saturated rings. The van der Waals surface area contributed by atoms with E-state index in [-0.39, 0.29) is 17.3 Å². The van der Waals surface area contributed by atoms with E-state index >= 15 is 0 Å². The van der Waals surface area contributed by atoms with Gasteiger partial charge >= 0.3 is 0 Å². The Labute approximate surface area is 141 Å². The summed E-state index contributed by atoms with van der Waals surface area (Å²) < 4.78 is 23.5. The Balaban J connectivity index is 2.08. The van der Waals surface area contributed by atoms with E-state index in [9.17, 15) is 13.2 Å². The maximum atomic E-state index is 12.2. The number of carbonyl (C=O) groups excluding carboxylic acids is 1. The Bertz CT molecular complexity index is 634. The van der Waals surface area contributed by atoms with Gasteiger partial charge in [0, 0.05) is 17.7 Å². The topological polar surface area (TPSA) is 51.2 Å². The molecule has 0 amide bonds. The summed E-state index contributed by atoms with van der Waals surface area (Å²) >= 11 is 0. The molecule has 2 rings (SSSR count). The largest absolute Gasteiger partial charge is 0.299 e. The molecule has 0 aromatic rings. The smallest absolute Gasteiger partial charge is 0.176 e. The minimum atomic E-state index is -3.22. The second-order valence-corrected chi connectivity index (χ2v) is 10.9. The molecule has 130 valence electrons. The highest BCUT2D eigenvalue weighted by atomic mass is 32.2. The van der Waals surface area contributed by atoms with Crippen molar-refractivity contribution in [2.45, 2.75) is 71.5 Å². The van der Waals surface area contributed by atoms with Crippen LogP contribution >= 0.6 is 0 Å². The highest BCUT2D eigenvalue weighted by molar-refractivity contribution is 7.95. The molecular weight excluding hydrogens is 308 g/mol. The summed E-state index contributed by atoms with van der Waals surface area (Å²) in [6.07, 6.45) is 8.36. The van der Waals surface area contributed by atoms with E-state index in [1.807, 2.05) is 0 Å². The summed E-state index contributed by atoms with van der Waals surface area (Å²) in [5, 5.41) is 1.37. The molecule has 0 spiro atoms. The number of ketones is 1. The Kier molecular flexibility index (Phi) is 4.97. The van der Waals surface area contributed by atoms with Gasteiger partial charge in [0.05, 0.1) is 4.75 Å². The van der Waals surface area contributed by atoms with Crippen LogP contribution in [0.2, 0.25) is 0 Å². The van der Waals surface area contributed by atoms with Crippen LogP contribution in [0.1, 0.15) is 66.7 Å². The van der Waals surface area contributed by atoms with Gasteiger partial charge in [-0.3, -0.25) is 4.79 Å². The average Bonchev–Trinajstić information content (AvgIpc) is 2.75. The third-order valence-electron chi connectivity index (χ3n) is 5.66. The summed E-state index contributed by atoms with van der Waals surface area (Å²) in [6, 6.07) is 0. The lowest BCUT2D eigenvalue weighted by Crippen LogP contribution is -2.36. The fraction of sp³-hybridized carbons (Fsp3) is 0.737. The molecule has 0 heterocycles. The molecule has 0 saturated heterocycles. The van der Waals surface area contributed by atoms with Crippen molar-refractivity contribution in [2.75, 3.05) is 0 Å². The van der Waals surface area contributed by atoms with E-state index in [0.29, 0.717) is 12.2 Å². The Hall–Kier alpha value is -0.900. The van der Waals surface area contributed by atoms with Gasteiger partial charge in [-0.1, -0.05) is 31.6 Å². The zero-order valence-electron chi connectivity index (χ0n) is 15.1. The molecule has 3 atom stereocenters. The van der Waals surface area contributed by atoms with Crippen LogP contribution in [0.4, 0.5) is 0 Å². The quantitative estimate of drug-likeness (QED) is 0.712. The van der Waals surface area contributed by atoms with Crippen LogP contribution in [0.3, 0.4) is 0 Å². The Morgan fingerprint density at radius 3 is 2.65 bits per heavy atom. The first-order chi connectivity index (χ1) is 10.5. The molecule has 1 saturated carbocycles. The van der Waals surface area contributed by atoms with Crippen molar-refractivity contribution in [1.82, 2.24) is 0 Å². The minimum absolute atomic E-state index is 0.00844. The first kappa shape index (κ1) is 18.4. The van der Waals surface area contributed by atoms with E-state index in [4.69, 9.17) is 0 Å². The van der Waals surface area contributed by atoms with Crippen molar-refractivity contribution in [3.05, 3.63) is 23.1 Å². The lowest BCUT2D eigenvalue weighted by molar-refractivity contribution is -0.128. The maximum absolute atomic E-state index is 12.2. The third kappa shape index (κ3) is 3.47. The molecule has 3 nitrogen and oxygen atoms in total. The molecule has 2 aliphatic rings. The number of hydrogen-bond donors (Lipinski definition) is 0. The van der Waals surface area contributed by atoms with Crippen LogP contribution in [0.5, 0.6) is 0 Å². The third-order valence-corrected chi connectivity index (χ3v) is 7.92. The van der Waals surface area contributed by atoms with Crippen molar-refractivity contribution in [2.24, 2.45) is 17.3 Å². The molecule has 23 heavy (non-hydrogen) atoms. The second-order valence-electron chi connectivity index (χ2n) is 8.35. The summed E-state index contributed by atoms with van der Waals surface area (Å²) in [5.41, 5.74) is 1.35. The Morgan fingerprint density at radius 2 is 2.04 bits per heavy atom. The summed E-state index contributed by atoms with van der Waals surface area (Å²) in [5.74, 6) is 0.835. The first-order valence-electron chi connectivity index (χ1n) is 8.63. The maximum Gasteiger partial charge on any atom is 0.176 e. The van der Waals surface area contributed by atoms with Crippen LogP contribution in [0.25, 0.3) is 0 Å². The molecule has 0 aromatic heterocycles. The SMILES string of the molecule is C[C@H](CC=CS(=O)(=O)C(C)(C)C)C1=CC[C@H]2C(=O)CCC[C@]12C. The van der Waals surface area contributed by atoms with Gasteiger partial charge in [0.25, 0.3) is 0 Å². The number of hydrogen-bond acceptors (Lipinski definition) is 3. The fourth-order valence-electron chi connectivity index (χ4n) is 4.03. The van der Waals surface area contributed by atoms with Crippen molar-refractivity contribution in [3.63, 3.8) is 0 Å². The van der Waals surface area contributed by atoms with Gasteiger partial charge in [-0.05, 0) is 57.8 Å². The van der Waals surface area contributed by atoms with E-state index < -0.39 is 14.6 Å². The molecule has 0 aliphatic heterocycles. The van der Waals surface area contributed by atoms with Gasteiger partial charge in [-0.2, -0.15) is 0 Å². The number of rotatable bonds is 4. The van der Waals surface area contributed by atoms with E-state index in [0.717, 1.165) is 25.7 Å². The van der Waals surface area contributed by atoms with Gasteiger partial charge in [-0.25, -0.2) is 8.42 Å². The molecule has 0 bridgehead atoms. The zero-order chi connectivity index (χ0) is 17.5. The van der Waals surface area contributed by atoms with Gasteiger partial charge in [0.1, 0.15) is 5.78 Å². The fourth-order valence-corrected chi connectivity index (χ4v) is 4.80. The Morgan fingerprint density at radius 1 is 1.39 bits per heavy atom. The number of Topliss-reactive ketones (excluding diaryl/α,β-unsaturated/α-hetero) is 1. The van der Waals surface area contributed by atoms with Gasteiger partial charge < -0.3 is 0 Å². The number of carbonyl (C=O) groups is 1. The number of allylic oxidation sites excluding steroid dienone is 3. The molecular formula is C19H30O3S. The van der Waals surface area contributed by atoms with Crippen LogP contribution in [-0.2, 0) is 14.6 Å². The van der Waals surface area contributed by atoms with Gasteiger partial charge in [0.2, 0.25) is 0 Å². The summed E-state index contributed by atoms with van der Waals surface area (Å²) in [4.78, 5) is 12.2. The lowest BCUT2D eigenvalue weighted by atomic mass is 9.63. The molecule has 4 heteroatoms. The van der Waals surface area contributed by atoms with Crippen LogP contribution in [-0.4, -0.2) is 18.9 Å².